The van der Waals surface area contributed by atoms with E-state index in [4.69, 9.17) is 10.5 Å². The van der Waals surface area contributed by atoms with Crippen molar-refractivity contribution in [1.82, 2.24) is 14.9 Å². The Kier molecular flexibility index (Phi) is 4.50. The summed E-state index contributed by atoms with van der Waals surface area (Å²) in [7, 11) is 0. The second-order valence-corrected chi connectivity index (χ2v) is 6.13. The fraction of sp³-hybridized carbons (Fsp3) is 0.714. The van der Waals surface area contributed by atoms with E-state index in [0.717, 1.165) is 37.6 Å². The second kappa shape index (κ2) is 5.94. The van der Waals surface area contributed by atoms with Gasteiger partial charge in [-0.25, -0.2) is 9.97 Å². The molecule has 1 fully saturated rings. The molecule has 5 nitrogen and oxygen atoms in total. The van der Waals surface area contributed by atoms with E-state index in [0.29, 0.717) is 6.54 Å². The Morgan fingerprint density at radius 2 is 2.05 bits per heavy atom. The van der Waals surface area contributed by atoms with E-state index in [1.165, 1.54) is 0 Å². The van der Waals surface area contributed by atoms with E-state index in [-0.39, 0.29) is 11.5 Å². The van der Waals surface area contributed by atoms with Gasteiger partial charge in [0.25, 0.3) is 0 Å². The lowest BCUT2D eigenvalue weighted by molar-refractivity contribution is -0.0261. The molecule has 0 spiro atoms. The Balaban J connectivity index is 1.96. The Hall–Kier alpha value is -1.04. The Labute approximate surface area is 115 Å². The van der Waals surface area contributed by atoms with Gasteiger partial charge in [-0.3, -0.25) is 4.90 Å². The van der Waals surface area contributed by atoms with E-state index < -0.39 is 0 Å². The fourth-order valence-corrected chi connectivity index (χ4v) is 2.15. The van der Waals surface area contributed by atoms with Crippen LogP contribution in [0.2, 0.25) is 0 Å². The smallest absolute Gasteiger partial charge is 0.133 e. The van der Waals surface area contributed by atoms with Crippen molar-refractivity contribution in [2.45, 2.75) is 38.8 Å². The summed E-state index contributed by atoms with van der Waals surface area (Å²) in [6.45, 7) is 10.4. The maximum atomic E-state index is 5.65. The summed E-state index contributed by atoms with van der Waals surface area (Å²) >= 11 is 0. The summed E-state index contributed by atoms with van der Waals surface area (Å²) in [6, 6.07) is 0. The molecule has 2 N–H and O–H groups in total. The quantitative estimate of drug-likeness (QED) is 0.880. The molecule has 0 radical (unpaired) electrons. The normalized spacial score (nSPS) is 21.6. The van der Waals surface area contributed by atoms with Gasteiger partial charge in [-0.1, -0.05) is 20.8 Å². The Morgan fingerprint density at radius 1 is 1.37 bits per heavy atom. The highest BCUT2D eigenvalue weighted by Crippen LogP contribution is 2.17. The molecule has 2 rings (SSSR count). The zero-order chi connectivity index (χ0) is 13.9. The number of hydrogen-bond donors (Lipinski definition) is 1. The molecule has 1 aliphatic rings. The van der Waals surface area contributed by atoms with Crippen LogP contribution < -0.4 is 5.73 Å². The number of aromatic nitrogens is 2. The van der Waals surface area contributed by atoms with Crippen molar-refractivity contribution in [2.75, 3.05) is 26.2 Å². The van der Waals surface area contributed by atoms with Crippen molar-refractivity contribution in [1.29, 1.82) is 0 Å². The van der Waals surface area contributed by atoms with E-state index >= 15 is 0 Å². The van der Waals surface area contributed by atoms with Crippen molar-refractivity contribution < 1.29 is 4.74 Å². The van der Waals surface area contributed by atoms with Gasteiger partial charge in [0.05, 0.1) is 12.7 Å². The Bertz CT molecular complexity index is 399. The molecular formula is C14H24N4O. The lowest BCUT2D eigenvalue weighted by atomic mass is 9.96. The number of nitrogens with two attached hydrogens (primary N) is 1. The van der Waals surface area contributed by atoms with Gasteiger partial charge in [0, 0.05) is 49.6 Å². The number of ether oxygens (including phenoxy) is 1. The molecule has 0 aromatic carbocycles. The SMILES string of the molecule is CC(C)(C)c1ncc(CN2CCO[C@H](CN)C2)cn1. The highest BCUT2D eigenvalue weighted by Gasteiger charge is 2.20. The largest absolute Gasteiger partial charge is 0.374 e. The molecule has 2 heterocycles. The molecule has 19 heavy (non-hydrogen) atoms. The van der Waals surface area contributed by atoms with Gasteiger partial charge in [0.2, 0.25) is 0 Å². The molecule has 0 saturated carbocycles. The third-order valence-corrected chi connectivity index (χ3v) is 3.27. The molecular weight excluding hydrogens is 240 g/mol. The predicted octanol–water partition coefficient (Wildman–Crippen LogP) is 0.934. The van der Waals surface area contributed by atoms with Gasteiger partial charge in [-0.15, -0.1) is 0 Å². The molecule has 106 valence electrons. The van der Waals surface area contributed by atoms with Crippen LogP contribution in [0.1, 0.15) is 32.2 Å². The minimum Gasteiger partial charge on any atom is -0.374 e. The zero-order valence-electron chi connectivity index (χ0n) is 12.1. The maximum absolute atomic E-state index is 5.65. The van der Waals surface area contributed by atoms with Crippen molar-refractivity contribution in [3.05, 3.63) is 23.8 Å². The van der Waals surface area contributed by atoms with Crippen LogP contribution in [0, 0.1) is 0 Å². The van der Waals surface area contributed by atoms with Crippen molar-refractivity contribution in [2.24, 2.45) is 5.73 Å². The topological polar surface area (TPSA) is 64.3 Å². The van der Waals surface area contributed by atoms with Crippen LogP contribution in [0.3, 0.4) is 0 Å². The standard InChI is InChI=1S/C14H24N4O/c1-14(2,3)13-16-7-11(8-17-13)9-18-4-5-19-12(6-15)10-18/h7-8,12H,4-6,9-10,15H2,1-3H3/t12-/m1/s1. The third-order valence-electron chi connectivity index (χ3n) is 3.27. The van der Waals surface area contributed by atoms with Crippen LogP contribution in [0.5, 0.6) is 0 Å². The monoisotopic (exact) mass is 264 g/mol. The summed E-state index contributed by atoms with van der Waals surface area (Å²) in [6.07, 6.45) is 4.02. The van der Waals surface area contributed by atoms with Gasteiger partial charge < -0.3 is 10.5 Å². The summed E-state index contributed by atoms with van der Waals surface area (Å²) in [4.78, 5) is 11.3. The molecule has 1 aromatic rings. The van der Waals surface area contributed by atoms with Crippen LogP contribution in [-0.2, 0) is 16.7 Å². The molecule has 1 aromatic heterocycles. The predicted molar refractivity (Wildman–Crippen MR) is 74.8 cm³/mol. The lowest BCUT2D eigenvalue weighted by Gasteiger charge is -2.32. The van der Waals surface area contributed by atoms with Crippen molar-refractivity contribution in [3.63, 3.8) is 0 Å². The minimum atomic E-state index is 0.00212. The molecule has 1 saturated heterocycles. The maximum Gasteiger partial charge on any atom is 0.133 e. The minimum absolute atomic E-state index is 0.00212. The van der Waals surface area contributed by atoms with E-state index in [1.807, 2.05) is 12.4 Å². The van der Waals surface area contributed by atoms with E-state index in [9.17, 15) is 0 Å². The first-order valence-electron chi connectivity index (χ1n) is 6.84. The zero-order valence-corrected chi connectivity index (χ0v) is 12.1. The fourth-order valence-electron chi connectivity index (χ4n) is 2.15. The summed E-state index contributed by atoms with van der Waals surface area (Å²) < 4.78 is 5.56. The highest BCUT2D eigenvalue weighted by molar-refractivity contribution is 5.09. The van der Waals surface area contributed by atoms with Crippen LogP contribution >= 0.6 is 0 Å². The molecule has 0 aliphatic carbocycles. The molecule has 0 bridgehead atoms. The highest BCUT2D eigenvalue weighted by atomic mass is 16.5. The van der Waals surface area contributed by atoms with Crippen LogP contribution in [0.4, 0.5) is 0 Å². The van der Waals surface area contributed by atoms with Gasteiger partial charge in [-0.2, -0.15) is 0 Å². The van der Waals surface area contributed by atoms with Crippen LogP contribution in [0.15, 0.2) is 12.4 Å². The second-order valence-electron chi connectivity index (χ2n) is 6.13. The lowest BCUT2D eigenvalue weighted by Crippen LogP contribution is -2.45. The van der Waals surface area contributed by atoms with Crippen LogP contribution in [0.25, 0.3) is 0 Å². The number of hydrogen-bond acceptors (Lipinski definition) is 5. The van der Waals surface area contributed by atoms with Crippen molar-refractivity contribution in [3.8, 4) is 0 Å². The summed E-state index contributed by atoms with van der Waals surface area (Å²) in [5.41, 5.74) is 6.80. The van der Waals surface area contributed by atoms with Crippen LogP contribution in [-0.4, -0.2) is 47.2 Å². The van der Waals surface area contributed by atoms with E-state index in [2.05, 4.69) is 35.6 Å². The average molecular weight is 264 g/mol. The molecule has 1 atom stereocenters. The molecule has 0 unspecified atom stereocenters. The first kappa shape index (κ1) is 14.4. The van der Waals surface area contributed by atoms with Gasteiger partial charge >= 0.3 is 0 Å². The Morgan fingerprint density at radius 3 is 2.63 bits per heavy atom. The van der Waals surface area contributed by atoms with Crippen molar-refractivity contribution >= 4 is 0 Å². The number of rotatable bonds is 3. The van der Waals surface area contributed by atoms with Gasteiger partial charge in [0.1, 0.15) is 5.82 Å². The molecule has 0 amide bonds. The summed E-state index contributed by atoms with van der Waals surface area (Å²) in [5.74, 6) is 0.887. The third kappa shape index (κ3) is 3.96. The summed E-state index contributed by atoms with van der Waals surface area (Å²) in [5, 5.41) is 0. The molecule has 5 heteroatoms. The van der Waals surface area contributed by atoms with E-state index in [1.54, 1.807) is 0 Å². The van der Waals surface area contributed by atoms with Gasteiger partial charge in [0.15, 0.2) is 0 Å². The van der Waals surface area contributed by atoms with Gasteiger partial charge in [-0.05, 0) is 0 Å². The first-order chi connectivity index (χ1) is 8.99. The average Bonchev–Trinajstić information content (AvgIpc) is 2.38. The number of nitrogens with zero attached hydrogens (tertiary/aromatic N) is 3. The number of morpholine rings is 1. The first-order valence-corrected chi connectivity index (χ1v) is 6.84. The molecule has 1 aliphatic heterocycles.